The number of sulfonamides is 1. The van der Waals surface area contributed by atoms with E-state index in [4.69, 9.17) is 11.6 Å². The van der Waals surface area contributed by atoms with Gasteiger partial charge >= 0.3 is 0 Å². The monoisotopic (exact) mass is 396 g/mol. The molecule has 0 aromatic heterocycles. The Kier molecular flexibility index (Phi) is 5.48. The maximum absolute atomic E-state index is 14.0. The summed E-state index contributed by atoms with van der Waals surface area (Å²) in [7, 11) is -4.20. The van der Waals surface area contributed by atoms with Crippen LogP contribution in [0.2, 0.25) is 5.02 Å². The van der Waals surface area contributed by atoms with Crippen LogP contribution in [0.3, 0.4) is 0 Å². The molecule has 2 aromatic rings. The first-order chi connectivity index (χ1) is 12.4. The summed E-state index contributed by atoms with van der Waals surface area (Å²) < 4.78 is 41.5. The molecular weight excluding hydrogens is 379 g/mol. The number of nitrogens with zero attached hydrogens (tertiary/aromatic N) is 1. The highest BCUT2D eigenvalue weighted by molar-refractivity contribution is 7.92. The summed E-state index contributed by atoms with van der Waals surface area (Å²) in [6.45, 7) is 1.29. The van der Waals surface area contributed by atoms with Crippen molar-refractivity contribution in [3.05, 3.63) is 58.9 Å². The summed E-state index contributed by atoms with van der Waals surface area (Å²) in [5.41, 5.74) is 0.366. The smallest absolute Gasteiger partial charge is 0.264 e. The molecule has 5 nitrogen and oxygen atoms in total. The molecule has 0 bridgehead atoms. The molecule has 138 valence electrons. The second kappa shape index (κ2) is 7.63. The third kappa shape index (κ3) is 3.99. The summed E-state index contributed by atoms with van der Waals surface area (Å²) in [6.07, 6.45) is 2.93. The molecule has 2 aromatic carbocycles. The number of halogens is 2. The van der Waals surface area contributed by atoms with E-state index in [9.17, 15) is 17.6 Å². The van der Waals surface area contributed by atoms with Crippen LogP contribution in [0.4, 0.5) is 10.1 Å². The Bertz CT molecular complexity index is 928. The molecule has 0 atom stereocenters. The quantitative estimate of drug-likeness (QED) is 0.852. The van der Waals surface area contributed by atoms with E-state index in [-0.39, 0.29) is 22.2 Å². The molecule has 1 amide bonds. The van der Waals surface area contributed by atoms with Crippen molar-refractivity contribution in [3.8, 4) is 0 Å². The van der Waals surface area contributed by atoms with Crippen molar-refractivity contribution >= 4 is 33.2 Å². The van der Waals surface area contributed by atoms with Gasteiger partial charge in [-0.05, 0) is 49.6 Å². The van der Waals surface area contributed by atoms with E-state index >= 15 is 0 Å². The van der Waals surface area contributed by atoms with Gasteiger partial charge in [0.05, 0.1) is 11.3 Å². The summed E-state index contributed by atoms with van der Waals surface area (Å²) in [6, 6.07) is 9.65. The number of amides is 1. The first-order valence-electron chi connectivity index (χ1n) is 8.25. The average Bonchev–Trinajstić information content (AvgIpc) is 2.61. The SMILES string of the molecule is O=C(c1ccccc1NS(=O)(=O)c1ccc(Cl)cc1F)N1CCCCC1. The molecule has 0 spiro atoms. The van der Waals surface area contributed by atoms with Gasteiger partial charge in [0.15, 0.2) is 0 Å². The maximum Gasteiger partial charge on any atom is 0.264 e. The largest absolute Gasteiger partial charge is 0.339 e. The van der Waals surface area contributed by atoms with Crippen LogP contribution in [0.1, 0.15) is 29.6 Å². The second-order valence-corrected chi connectivity index (χ2v) is 8.17. The van der Waals surface area contributed by atoms with E-state index in [2.05, 4.69) is 4.72 Å². The summed E-state index contributed by atoms with van der Waals surface area (Å²) in [5.74, 6) is -1.19. The fourth-order valence-electron chi connectivity index (χ4n) is 2.92. The zero-order valence-electron chi connectivity index (χ0n) is 13.9. The number of carbonyl (C=O) groups excluding carboxylic acids is 1. The van der Waals surface area contributed by atoms with Gasteiger partial charge in [-0.15, -0.1) is 0 Å². The van der Waals surface area contributed by atoms with Gasteiger partial charge in [0.2, 0.25) is 0 Å². The van der Waals surface area contributed by atoms with Crippen molar-refractivity contribution in [2.75, 3.05) is 17.8 Å². The van der Waals surface area contributed by atoms with Crippen LogP contribution >= 0.6 is 11.6 Å². The Labute approximate surface area is 156 Å². The fourth-order valence-corrected chi connectivity index (χ4v) is 4.22. The lowest BCUT2D eigenvalue weighted by Gasteiger charge is -2.27. The lowest BCUT2D eigenvalue weighted by Crippen LogP contribution is -2.36. The Hall–Kier alpha value is -2.12. The Morgan fingerprint density at radius 1 is 1.08 bits per heavy atom. The molecule has 1 aliphatic rings. The predicted molar refractivity (Wildman–Crippen MR) is 98.4 cm³/mol. The highest BCUT2D eigenvalue weighted by Gasteiger charge is 2.24. The van der Waals surface area contributed by atoms with E-state index in [1.165, 1.54) is 12.1 Å². The van der Waals surface area contributed by atoms with Crippen molar-refractivity contribution in [3.63, 3.8) is 0 Å². The summed E-state index contributed by atoms with van der Waals surface area (Å²) in [4.78, 5) is 13.9. The number of hydrogen-bond donors (Lipinski definition) is 1. The normalized spacial score (nSPS) is 14.9. The summed E-state index contributed by atoms with van der Waals surface area (Å²) in [5, 5.41) is 0.0992. The number of nitrogens with one attached hydrogen (secondary N) is 1. The number of benzene rings is 2. The third-order valence-electron chi connectivity index (χ3n) is 4.23. The van der Waals surface area contributed by atoms with Crippen LogP contribution in [0, 0.1) is 5.82 Å². The Morgan fingerprint density at radius 2 is 1.77 bits per heavy atom. The molecule has 1 saturated heterocycles. The molecule has 0 radical (unpaired) electrons. The second-order valence-electron chi connectivity index (χ2n) is 6.08. The third-order valence-corrected chi connectivity index (χ3v) is 5.86. The highest BCUT2D eigenvalue weighted by atomic mass is 35.5. The first kappa shape index (κ1) is 18.7. The maximum atomic E-state index is 14.0. The fraction of sp³-hybridized carbons (Fsp3) is 0.278. The van der Waals surface area contributed by atoms with Crippen molar-refractivity contribution in [1.29, 1.82) is 0 Å². The number of likely N-dealkylation sites (tertiary alicyclic amines) is 1. The van der Waals surface area contributed by atoms with Crippen LogP contribution in [0.5, 0.6) is 0 Å². The predicted octanol–water partition coefficient (Wildman–Crippen LogP) is 3.91. The van der Waals surface area contributed by atoms with Crippen LogP contribution in [0.15, 0.2) is 47.4 Å². The Balaban J connectivity index is 1.91. The van der Waals surface area contributed by atoms with Crippen LogP contribution in [-0.4, -0.2) is 32.3 Å². The van der Waals surface area contributed by atoms with Crippen LogP contribution < -0.4 is 4.72 Å². The zero-order valence-corrected chi connectivity index (χ0v) is 15.5. The van der Waals surface area contributed by atoms with Gasteiger partial charge < -0.3 is 4.90 Å². The average molecular weight is 397 g/mol. The van der Waals surface area contributed by atoms with E-state index in [0.717, 1.165) is 31.4 Å². The molecule has 1 fully saturated rings. The van der Waals surface area contributed by atoms with Crippen molar-refractivity contribution in [1.82, 2.24) is 4.90 Å². The standard InChI is InChI=1S/C18H18ClFN2O3S/c19-13-8-9-17(15(20)12-13)26(24,25)21-16-7-3-2-6-14(16)18(23)22-10-4-1-5-11-22/h2-3,6-9,12,21H,1,4-5,10-11H2. The zero-order chi connectivity index (χ0) is 18.7. The molecule has 0 saturated carbocycles. The van der Waals surface area contributed by atoms with Gasteiger partial charge in [0.1, 0.15) is 10.7 Å². The van der Waals surface area contributed by atoms with E-state index < -0.39 is 20.7 Å². The molecular formula is C18H18ClFN2O3S. The lowest BCUT2D eigenvalue weighted by molar-refractivity contribution is 0.0725. The number of carbonyl (C=O) groups is 1. The number of hydrogen-bond acceptors (Lipinski definition) is 3. The van der Waals surface area contributed by atoms with Crippen molar-refractivity contribution in [2.24, 2.45) is 0 Å². The van der Waals surface area contributed by atoms with Crippen LogP contribution in [0.25, 0.3) is 0 Å². The minimum Gasteiger partial charge on any atom is -0.339 e. The number of piperidine rings is 1. The van der Waals surface area contributed by atoms with Crippen molar-refractivity contribution in [2.45, 2.75) is 24.2 Å². The van der Waals surface area contributed by atoms with E-state index in [1.54, 1.807) is 23.1 Å². The van der Waals surface area contributed by atoms with E-state index in [0.29, 0.717) is 13.1 Å². The topological polar surface area (TPSA) is 66.5 Å². The number of anilines is 1. The van der Waals surface area contributed by atoms with Gasteiger partial charge in [0, 0.05) is 18.1 Å². The van der Waals surface area contributed by atoms with Gasteiger partial charge in [-0.25, -0.2) is 12.8 Å². The lowest BCUT2D eigenvalue weighted by atomic mass is 10.1. The first-order valence-corrected chi connectivity index (χ1v) is 10.1. The molecule has 1 N–H and O–H groups in total. The van der Waals surface area contributed by atoms with Gasteiger partial charge in [-0.1, -0.05) is 23.7 Å². The molecule has 0 unspecified atom stereocenters. The molecule has 3 rings (SSSR count). The van der Waals surface area contributed by atoms with Gasteiger partial charge in [-0.2, -0.15) is 0 Å². The van der Waals surface area contributed by atoms with Crippen molar-refractivity contribution < 1.29 is 17.6 Å². The van der Waals surface area contributed by atoms with Crippen LogP contribution in [-0.2, 0) is 10.0 Å². The molecule has 26 heavy (non-hydrogen) atoms. The molecule has 1 heterocycles. The van der Waals surface area contributed by atoms with E-state index in [1.807, 2.05) is 0 Å². The molecule has 1 aliphatic heterocycles. The highest BCUT2D eigenvalue weighted by Crippen LogP contribution is 2.25. The van der Waals surface area contributed by atoms with Gasteiger partial charge in [0.25, 0.3) is 15.9 Å². The number of para-hydroxylation sites is 1. The minimum absolute atomic E-state index is 0.0992. The minimum atomic E-state index is -4.20. The number of rotatable bonds is 4. The summed E-state index contributed by atoms with van der Waals surface area (Å²) >= 11 is 5.67. The molecule has 8 heteroatoms. The Morgan fingerprint density at radius 3 is 2.46 bits per heavy atom. The molecule has 0 aliphatic carbocycles. The van der Waals surface area contributed by atoms with Gasteiger partial charge in [-0.3, -0.25) is 9.52 Å².